The minimum Gasteiger partial charge on any atom is -0.376 e. The molecule has 0 saturated heterocycles. The number of rotatable bonds is 3. The zero-order chi connectivity index (χ0) is 14.1. The van der Waals surface area contributed by atoms with E-state index in [9.17, 15) is 4.39 Å². The normalized spacial score (nSPS) is 12.6. The topological polar surface area (TPSA) is 24.9 Å². The van der Waals surface area contributed by atoms with Crippen LogP contribution in [0.4, 0.5) is 10.1 Å². The number of nitrogens with one attached hydrogen (secondary N) is 1. The van der Waals surface area contributed by atoms with Crippen molar-refractivity contribution in [3.63, 3.8) is 0 Å². The van der Waals surface area contributed by atoms with E-state index in [4.69, 9.17) is 11.6 Å². The molecular weight excluding hydrogens is 295 g/mol. The first-order chi connectivity index (χ1) is 9.65. The van der Waals surface area contributed by atoms with Crippen molar-refractivity contribution >= 4 is 38.8 Å². The van der Waals surface area contributed by atoms with Crippen LogP contribution in [0, 0.1) is 5.82 Å². The molecule has 1 atom stereocenters. The van der Waals surface area contributed by atoms with E-state index in [1.54, 1.807) is 29.0 Å². The summed E-state index contributed by atoms with van der Waals surface area (Å²) in [6.45, 7) is 2.01. The van der Waals surface area contributed by atoms with Crippen molar-refractivity contribution in [2.45, 2.75) is 13.0 Å². The van der Waals surface area contributed by atoms with E-state index in [1.165, 1.54) is 12.1 Å². The summed E-state index contributed by atoms with van der Waals surface area (Å²) in [5.74, 6) is -0.236. The average Bonchev–Trinajstić information content (AvgIpc) is 2.91. The number of aromatic nitrogens is 1. The number of fused-ring (bicyclic) bond motifs is 1. The molecule has 0 spiro atoms. The molecule has 0 aliphatic carbocycles. The predicted molar refractivity (Wildman–Crippen MR) is 83.1 cm³/mol. The SMILES string of the molecule is CC(Nc1c(Cl)ccc2scnc12)c1ccc(F)cc1. The van der Waals surface area contributed by atoms with Crippen LogP contribution in [0.25, 0.3) is 10.2 Å². The third-order valence-corrected chi connectivity index (χ3v) is 4.29. The lowest BCUT2D eigenvalue weighted by Crippen LogP contribution is -2.07. The molecule has 5 heteroatoms. The molecular formula is C15H12ClFN2S. The first-order valence-corrected chi connectivity index (χ1v) is 7.44. The van der Waals surface area contributed by atoms with Gasteiger partial charge in [-0.1, -0.05) is 23.7 Å². The van der Waals surface area contributed by atoms with Crippen LogP contribution in [0.2, 0.25) is 5.02 Å². The molecule has 20 heavy (non-hydrogen) atoms. The summed E-state index contributed by atoms with van der Waals surface area (Å²) in [5, 5.41) is 4.00. The van der Waals surface area contributed by atoms with Crippen molar-refractivity contribution in [3.05, 3.63) is 58.3 Å². The van der Waals surface area contributed by atoms with Crippen molar-refractivity contribution in [1.29, 1.82) is 0 Å². The van der Waals surface area contributed by atoms with Gasteiger partial charge in [-0.3, -0.25) is 0 Å². The van der Waals surface area contributed by atoms with Crippen LogP contribution in [0.1, 0.15) is 18.5 Å². The van der Waals surface area contributed by atoms with E-state index in [0.29, 0.717) is 5.02 Å². The van der Waals surface area contributed by atoms with E-state index >= 15 is 0 Å². The Bertz CT molecular complexity index is 739. The van der Waals surface area contributed by atoms with Crippen molar-refractivity contribution in [1.82, 2.24) is 4.98 Å². The first kappa shape index (κ1) is 13.3. The molecule has 2 aromatic carbocycles. The highest BCUT2D eigenvalue weighted by Crippen LogP contribution is 2.34. The van der Waals surface area contributed by atoms with E-state index < -0.39 is 0 Å². The molecule has 3 aromatic rings. The van der Waals surface area contributed by atoms with Gasteiger partial charge in [-0.15, -0.1) is 11.3 Å². The second kappa shape index (κ2) is 5.38. The number of hydrogen-bond acceptors (Lipinski definition) is 3. The molecule has 102 valence electrons. The third-order valence-electron chi connectivity index (χ3n) is 3.18. The fraction of sp³-hybridized carbons (Fsp3) is 0.133. The molecule has 0 bridgehead atoms. The van der Waals surface area contributed by atoms with Crippen LogP contribution in [0.3, 0.4) is 0 Å². The monoisotopic (exact) mass is 306 g/mol. The number of hydrogen-bond donors (Lipinski definition) is 1. The van der Waals surface area contributed by atoms with Crippen LogP contribution < -0.4 is 5.32 Å². The average molecular weight is 307 g/mol. The number of nitrogens with zero attached hydrogens (tertiary/aromatic N) is 1. The minimum absolute atomic E-state index is 0.0143. The molecule has 1 N–H and O–H groups in total. The van der Waals surface area contributed by atoms with Gasteiger partial charge >= 0.3 is 0 Å². The van der Waals surface area contributed by atoms with Gasteiger partial charge in [0.2, 0.25) is 0 Å². The van der Waals surface area contributed by atoms with E-state index in [-0.39, 0.29) is 11.9 Å². The van der Waals surface area contributed by atoms with Crippen LogP contribution in [-0.2, 0) is 0 Å². The smallest absolute Gasteiger partial charge is 0.123 e. The lowest BCUT2D eigenvalue weighted by atomic mass is 10.1. The van der Waals surface area contributed by atoms with Gasteiger partial charge in [0.15, 0.2) is 0 Å². The fourth-order valence-electron chi connectivity index (χ4n) is 2.10. The Morgan fingerprint density at radius 2 is 1.95 bits per heavy atom. The minimum atomic E-state index is -0.236. The lowest BCUT2D eigenvalue weighted by Gasteiger charge is -2.17. The quantitative estimate of drug-likeness (QED) is 0.713. The summed E-state index contributed by atoms with van der Waals surface area (Å²) in [7, 11) is 0. The van der Waals surface area contributed by atoms with Crippen LogP contribution in [-0.4, -0.2) is 4.98 Å². The van der Waals surface area contributed by atoms with Gasteiger partial charge in [0.05, 0.1) is 20.9 Å². The molecule has 1 unspecified atom stereocenters. The summed E-state index contributed by atoms with van der Waals surface area (Å²) < 4.78 is 14.0. The maximum atomic E-state index is 13.0. The Hall–Kier alpha value is -1.65. The maximum absolute atomic E-state index is 13.0. The van der Waals surface area contributed by atoms with Crippen LogP contribution in [0.5, 0.6) is 0 Å². The zero-order valence-corrected chi connectivity index (χ0v) is 12.3. The van der Waals surface area contributed by atoms with Gasteiger partial charge < -0.3 is 5.32 Å². The highest BCUT2D eigenvalue weighted by Gasteiger charge is 2.12. The van der Waals surface area contributed by atoms with Crippen LogP contribution >= 0.6 is 22.9 Å². The molecule has 2 nitrogen and oxygen atoms in total. The summed E-state index contributed by atoms with van der Waals surface area (Å²) in [4.78, 5) is 4.35. The number of anilines is 1. The zero-order valence-electron chi connectivity index (χ0n) is 10.7. The number of benzene rings is 2. The first-order valence-electron chi connectivity index (χ1n) is 6.19. The maximum Gasteiger partial charge on any atom is 0.123 e. The number of halogens is 2. The second-order valence-electron chi connectivity index (χ2n) is 4.54. The van der Waals surface area contributed by atoms with Gasteiger partial charge in [-0.25, -0.2) is 9.37 Å². The second-order valence-corrected chi connectivity index (χ2v) is 5.83. The molecule has 0 aliphatic heterocycles. The van der Waals surface area contributed by atoms with Gasteiger partial charge in [-0.2, -0.15) is 0 Å². The Morgan fingerprint density at radius 1 is 1.20 bits per heavy atom. The predicted octanol–water partition coefficient (Wildman–Crippen LogP) is 5.26. The summed E-state index contributed by atoms with van der Waals surface area (Å²) in [5.41, 5.74) is 4.49. The molecule has 0 saturated carbocycles. The Labute approximate surface area is 125 Å². The Morgan fingerprint density at radius 3 is 2.70 bits per heavy atom. The van der Waals surface area contributed by atoms with Crippen molar-refractivity contribution in [2.75, 3.05) is 5.32 Å². The molecule has 0 amide bonds. The standard InChI is InChI=1S/C15H12ClFN2S/c1-9(10-2-4-11(17)5-3-10)19-14-12(16)6-7-13-15(14)18-8-20-13/h2-9,19H,1H3. The molecule has 0 fully saturated rings. The Balaban J connectivity index is 1.94. The molecule has 0 aliphatic rings. The van der Waals surface area contributed by atoms with E-state index in [0.717, 1.165) is 21.5 Å². The van der Waals surface area contributed by atoms with Crippen molar-refractivity contribution in [3.8, 4) is 0 Å². The molecule has 3 rings (SSSR count). The molecule has 1 aromatic heterocycles. The lowest BCUT2D eigenvalue weighted by molar-refractivity contribution is 0.626. The van der Waals surface area contributed by atoms with E-state index in [2.05, 4.69) is 10.3 Å². The molecule has 0 radical (unpaired) electrons. The van der Waals surface area contributed by atoms with Gasteiger partial charge in [-0.05, 0) is 36.8 Å². The van der Waals surface area contributed by atoms with Crippen molar-refractivity contribution < 1.29 is 4.39 Å². The third kappa shape index (κ3) is 2.49. The van der Waals surface area contributed by atoms with Gasteiger partial charge in [0, 0.05) is 6.04 Å². The molecule has 1 heterocycles. The summed E-state index contributed by atoms with van der Waals surface area (Å²) in [6, 6.07) is 10.3. The van der Waals surface area contributed by atoms with Crippen molar-refractivity contribution in [2.24, 2.45) is 0 Å². The van der Waals surface area contributed by atoms with Gasteiger partial charge in [0.1, 0.15) is 11.3 Å². The highest BCUT2D eigenvalue weighted by molar-refractivity contribution is 7.16. The number of thiazole rings is 1. The Kier molecular flexibility index (Phi) is 3.59. The summed E-state index contributed by atoms with van der Waals surface area (Å²) >= 11 is 7.83. The van der Waals surface area contributed by atoms with Crippen LogP contribution in [0.15, 0.2) is 41.9 Å². The summed E-state index contributed by atoms with van der Waals surface area (Å²) in [6.07, 6.45) is 0. The van der Waals surface area contributed by atoms with E-state index in [1.807, 2.05) is 19.1 Å². The fourth-order valence-corrected chi connectivity index (χ4v) is 2.99. The largest absolute Gasteiger partial charge is 0.376 e. The van der Waals surface area contributed by atoms with Gasteiger partial charge in [0.25, 0.3) is 0 Å². The highest BCUT2D eigenvalue weighted by atomic mass is 35.5.